The molecule has 0 spiro atoms. The molecule has 0 aliphatic carbocycles. The average Bonchev–Trinajstić information content (AvgIpc) is 2.58. The van der Waals surface area contributed by atoms with Crippen LogP contribution in [0, 0.1) is 5.92 Å². The lowest BCUT2D eigenvalue weighted by Crippen LogP contribution is -2.51. The highest BCUT2D eigenvalue weighted by Crippen LogP contribution is 2.33. The van der Waals surface area contributed by atoms with Crippen LogP contribution >= 0.6 is 0 Å². The first-order chi connectivity index (χ1) is 11.5. The summed E-state index contributed by atoms with van der Waals surface area (Å²) in [7, 11) is 0. The Labute approximate surface area is 139 Å². The summed E-state index contributed by atoms with van der Waals surface area (Å²) in [5.74, 6) is -1.35. The van der Waals surface area contributed by atoms with Crippen LogP contribution in [0.4, 0.5) is 5.69 Å². The molecule has 2 atom stereocenters. The predicted octanol–water partition coefficient (Wildman–Crippen LogP) is 1.12. The number of carbonyl (C=O) groups excluding carboxylic acids is 2. The molecule has 2 amide bonds. The second-order valence-corrected chi connectivity index (χ2v) is 6.17. The number of anilines is 1. The number of carbonyl (C=O) groups is 3. The highest BCUT2D eigenvalue weighted by atomic mass is 16.5. The lowest BCUT2D eigenvalue weighted by molar-refractivity contribution is -0.145. The van der Waals surface area contributed by atoms with Crippen molar-refractivity contribution in [3.8, 4) is 5.75 Å². The molecule has 128 valence electrons. The van der Waals surface area contributed by atoms with Gasteiger partial charge in [-0.05, 0) is 31.9 Å². The third-order valence-electron chi connectivity index (χ3n) is 4.49. The van der Waals surface area contributed by atoms with Gasteiger partial charge in [-0.25, -0.2) is 0 Å². The molecule has 3 rings (SSSR count). The Bertz CT molecular complexity index is 675. The number of para-hydroxylation sites is 2. The van der Waals surface area contributed by atoms with Gasteiger partial charge in [0, 0.05) is 13.1 Å². The molecule has 1 fully saturated rings. The van der Waals surface area contributed by atoms with Crippen molar-refractivity contribution < 1.29 is 24.2 Å². The van der Waals surface area contributed by atoms with E-state index >= 15 is 0 Å². The van der Waals surface area contributed by atoms with Crippen LogP contribution in [0.2, 0.25) is 0 Å². The van der Waals surface area contributed by atoms with Crippen LogP contribution in [-0.4, -0.2) is 53.5 Å². The number of aliphatic carboxylic acids is 1. The van der Waals surface area contributed by atoms with Crippen molar-refractivity contribution in [1.82, 2.24) is 4.90 Å². The molecule has 2 heterocycles. The standard InChI is InChI=1S/C17H20N2O5/c1-11-16(21)19(13-6-2-3-7-14(13)24-11)10-15(20)18-8-4-5-12(9-18)17(22)23/h2-3,6-7,11-12H,4-5,8-10H2,1H3,(H,22,23)/t11-,12+/m1/s1. The Kier molecular flexibility index (Phi) is 4.42. The first-order valence-electron chi connectivity index (χ1n) is 8.05. The number of carboxylic acids is 1. The van der Waals surface area contributed by atoms with Gasteiger partial charge in [-0.3, -0.25) is 19.3 Å². The van der Waals surface area contributed by atoms with Gasteiger partial charge in [-0.2, -0.15) is 0 Å². The number of ether oxygens (including phenoxy) is 1. The predicted molar refractivity (Wildman–Crippen MR) is 85.8 cm³/mol. The molecule has 2 aliphatic heterocycles. The smallest absolute Gasteiger partial charge is 0.308 e. The van der Waals surface area contributed by atoms with Crippen LogP contribution in [-0.2, 0) is 14.4 Å². The number of nitrogens with zero attached hydrogens (tertiary/aromatic N) is 2. The van der Waals surface area contributed by atoms with Crippen LogP contribution in [0.25, 0.3) is 0 Å². The normalized spacial score (nSPS) is 23.5. The van der Waals surface area contributed by atoms with Gasteiger partial charge >= 0.3 is 5.97 Å². The molecule has 2 aliphatic rings. The summed E-state index contributed by atoms with van der Waals surface area (Å²) in [5, 5.41) is 9.15. The Hall–Kier alpha value is -2.57. The number of benzene rings is 1. The maximum Gasteiger partial charge on any atom is 0.308 e. The van der Waals surface area contributed by atoms with E-state index in [4.69, 9.17) is 9.84 Å². The Morgan fingerprint density at radius 2 is 2.08 bits per heavy atom. The molecule has 1 aromatic rings. The molecule has 1 aromatic carbocycles. The third-order valence-corrected chi connectivity index (χ3v) is 4.49. The summed E-state index contributed by atoms with van der Waals surface area (Å²) >= 11 is 0. The van der Waals surface area contributed by atoms with Gasteiger partial charge in [0.25, 0.3) is 5.91 Å². The molecule has 0 bridgehead atoms. The van der Waals surface area contributed by atoms with Crippen LogP contribution in [0.1, 0.15) is 19.8 Å². The van der Waals surface area contributed by atoms with Gasteiger partial charge < -0.3 is 14.7 Å². The van der Waals surface area contributed by atoms with E-state index in [1.807, 2.05) is 6.07 Å². The molecule has 7 nitrogen and oxygen atoms in total. The van der Waals surface area contributed by atoms with Gasteiger partial charge in [-0.1, -0.05) is 12.1 Å². The molecule has 0 radical (unpaired) electrons. The van der Waals surface area contributed by atoms with Crippen LogP contribution in [0.15, 0.2) is 24.3 Å². The number of rotatable bonds is 3. The number of piperidine rings is 1. The van der Waals surface area contributed by atoms with Gasteiger partial charge in [0.05, 0.1) is 11.6 Å². The fraction of sp³-hybridized carbons (Fsp3) is 0.471. The monoisotopic (exact) mass is 332 g/mol. The Morgan fingerprint density at radius 3 is 2.83 bits per heavy atom. The second-order valence-electron chi connectivity index (χ2n) is 6.17. The van der Waals surface area contributed by atoms with Crippen molar-refractivity contribution in [2.75, 3.05) is 24.5 Å². The number of fused-ring (bicyclic) bond motifs is 1. The molecule has 0 saturated carbocycles. The van der Waals surface area contributed by atoms with Gasteiger partial charge in [0.1, 0.15) is 12.3 Å². The summed E-state index contributed by atoms with van der Waals surface area (Å²) in [6.45, 7) is 2.27. The Morgan fingerprint density at radius 1 is 1.33 bits per heavy atom. The first-order valence-corrected chi connectivity index (χ1v) is 8.05. The van der Waals surface area contributed by atoms with E-state index in [9.17, 15) is 14.4 Å². The lowest BCUT2D eigenvalue weighted by Gasteiger charge is -2.35. The van der Waals surface area contributed by atoms with Gasteiger partial charge in [0.2, 0.25) is 5.91 Å². The SMILES string of the molecule is C[C@H]1Oc2ccccc2N(CC(=O)N2CCC[C@H](C(=O)O)C2)C1=O. The zero-order valence-electron chi connectivity index (χ0n) is 13.5. The number of hydrogen-bond acceptors (Lipinski definition) is 4. The summed E-state index contributed by atoms with van der Waals surface area (Å²) in [4.78, 5) is 39.1. The van der Waals surface area contributed by atoms with E-state index in [-0.39, 0.29) is 24.9 Å². The minimum atomic E-state index is -0.881. The average molecular weight is 332 g/mol. The molecule has 24 heavy (non-hydrogen) atoms. The summed E-state index contributed by atoms with van der Waals surface area (Å²) in [6.07, 6.45) is 0.586. The van der Waals surface area contributed by atoms with E-state index in [0.717, 1.165) is 0 Å². The van der Waals surface area contributed by atoms with Crippen molar-refractivity contribution in [2.45, 2.75) is 25.9 Å². The summed E-state index contributed by atoms with van der Waals surface area (Å²) in [5.41, 5.74) is 0.570. The lowest BCUT2D eigenvalue weighted by atomic mass is 9.98. The maximum absolute atomic E-state index is 12.6. The highest BCUT2D eigenvalue weighted by molar-refractivity contribution is 6.03. The molecule has 0 unspecified atom stereocenters. The molecular formula is C17H20N2O5. The number of likely N-dealkylation sites (tertiary alicyclic amines) is 1. The Balaban J connectivity index is 1.76. The number of amides is 2. The van der Waals surface area contributed by atoms with Crippen molar-refractivity contribution >= 4 is 23.5 Å². The second kappa shape index (κ2) is 6.51. The highest BCUT2D eigenvalue weighted by Gasteiger charge is 2.35. The van der Waals surface area contributed by atoms with E-state index < -0.39 is 18.0 Å². The molecule has 0 aromatic heterocycles. The third kappa shape index (κ3) is 3.06. The van der Waals surface area contributed by atoms with E-state index in [1.54, 1.807) is 25.1 Å². The fourth-order valence-corrected chi connectivity index (χ4v) is 3.16. The van der Waals surface area contributed by atoms with Crippen LogP contribution in [0.3, 0.4) is 0 Å². The van der Waals surface area contributed by atoms with Crippen LogP contribution < -0.4 is 9.64 Å². The fourth-order valence-electron chi connectivity index (χ4n) is 3.16. The largest absolute Gasteiger partial charge is 0.481 e. The minimum absolute atomic E-state index is 0.101. The van der Waals surface area contributed by atoms with Gasteiger partial charge in [-0.15, -0.1) is 0 Å². The number of carboxylic acid groups (broad SMARTS) is 1. The summed E-state index contributed by atoms with van der Waals surface area (Å²) in [6, 6.07) is 7.09. The zero-order chi connectivity index (χ0) is 17.3. The molecular weight excluding hydrogens is 312 g/mol. The quantitative estimate of drug-likeness (QED) is 0.896. The summed E-state index contributed by atoms with van der Waals surface area (Å²) < 4.78 is 5.56. The van der Waals surface area contributed by atoms with Crippen molar-refractivity contribution in [2.24, 2.45) is 5.92 Å². The molecule has 1 saturated heterocycles. The maximum atomic E-state index is 12.6. The topological polar surface area (TPSA) is 87.2 Å². The van der Waals surface area contributed by atoms with Crippen molar-refractivity contribution in [1.29, 1.82) is 0 Å². The van der Waals surface area contributed by atoms with E-state index in [1.165, 1.54) is 9.80 Å². The molecule has 7 heteroatoms. The zero-order valence-corrected chi connectivity index (χ0v) is 13.5. The van der Waals surface area contributed by atoms with E-state index in [0.29, 0.717) is 30.8 Å². The van der Waals surface area contributed by atoms with Gasteiger partial charge in [0.15, 0.2) is 6.10 Å². The van der Waals surface area contributed by atoms with Crippen LogP contribution in [0.5, 0.6) is 5.75 Å². The minimum Gasteiger partial charge on any atom is -0.481 e. The van der Waals surface area contributed by atoms with Crippen molar-refractivity contribution in [3.05, 3.63) is 24.3 Å². The van der Waals surface area contributed by atoms with Crippen molar-refractivity contribution in [3.63, 3.8) is 0 Å². The number of hydrogen-bond donors (Lipinski definition) is 1. The molecule has 1 N–H and O–H groups in total. The first kappa shape index (κ1) is 16.3. The van der Waals surface area contributed by atoms with E-state index in [2.05, 4.69) is 0 Å².